The van der Waals surface area contributed by atoms with Gasteiger partial charge in [0.05, 0.1) is 0 Å². The molecule has 1 aliphatic heterocycles. The van der Waals surface area contributed by atoms with Gasteiger partial charge in [-0.25, -0.2) is 9.78 Å². The number of urea groups is 1. The standard InChI is InChI=1S/C25H31N5O/c1-18-6-7-23(15-19(18)2)28-25(31)29-12-8-21(9-13-29)10-14-30-20(3)16-27-24(30)22-5-4-11-26-17-22/h4-7,11,15-17,21H,8-10,12-14H2,1-3H3,(H,28,31). The zero-order chi connectivity index (χ0) is 21.8. The summed E-state index contributed by atoms with van der Waals surface area (Å²) in [5.74, 6) is 1.60. The van der Waals surface area contributed by atoms with Crippen molar-refractivity contribution in [2.75, 3.05) is 18.4 Å². The number of aromatic nitrogens is 3. The monoisotopic (exact) mass is 417 g/mol. The number of hydrogen-bond donors (Lipinski definition) is 1. The number of benzene rings is 1. The number of anilines is 1. The molecule has 31 heavy (non-hydrogen) atoms. The minimum atomic E-state index is 0.00557. The number of carbonyl (C=O) groups is 1. The van der Waals surface area contributed by atoms with E-state index in [1.54, 1.807) is 6.20 Å². The third-order valence-electron chi connectivity index (χ3n) is 6.40. The molecule has 1 fully saturated rings. The normalized spacial score (nSPS) is 14.6. The second-order valence-corrected chi connectivity index (χ2v) is 8.56. The molecule has 0 atom stereocenters. The molecule has 1 N–H and O–H groups in total. The number of nitrogens with one attached hydrogen (secondary N) is 1. The van der Waals surface area contributed by atoms with Crippen LogP contribution in [0.4, 0.5) is 10.5 Å². The summed E-state index contributed by atoms with van der Waals surface area (Å²) in [5, 5.41) is 3.05. The number of carbonyl (C=O) groups excluding carboxylic acids is 1. The van der Waals surface area contributed by atoms with Crippen LogP contribution in [-0.4, -0.2) is 38.6 Å². The van der Waals surface area contributed by atoms with Crippen LogP contribution in [0.25, 0.3) is 11.4 Å². The maximum absolute atomic E-state index is 12.7. The van der Waals surface area contributed by atoms with Gasteiger partial charge in [-0.1, -0.05) is 6.07 Å². The zero-order valence-electron chi connectivity index (χ0n) is 18.6. The first-order valence-electron chi connectivity index (χ1n) is 11.1. The summed E-state index contributed by atoms with van der Waals surface area (Å²) in [6, 6.07) is 10.1. The van der Waals surface area contributed by atoms with Crippen LogP contribution >= 0.6 is 0 Å². The molecule has 0 bridgehead atoms. The fourth-order valence-corrected chi connectivity index (χ4v) is 4.23. The summed E-state index contributed by atoms with van der Waals surface area (Å²) < 4.78 is 2.29. The Labute approximate surface area is 184 Å². The Balaban J connectivity index is 1.30. The molecule has 0 unspecified atom stereocenters. The second-order valence-electron chi connectivity index (χ2n) is 8.56. The van der Waals surface area contributed by atoms with E-state index in [0.29, 0.717) is 5.92 Å². The summed E-state index contributed by atoms with van der Waals surface area (Å²) in [6.07, 6.45) is 8.75. The average molecular weight is 418 g/mol. The van der Waals surface area contributed by atoms with Gasteiger partial charge in [-0.15, -0.1) is 0 Å². The molecule has 6 heteroatoms. The number of piperidine rings is 1. The lowest BCUT2D eigenvalue weighted by Gasteiger charge is -2.32. The molecule has 2 amide bonds. The Morgan fingerprint density at radius 1 is 1.10 bits per heavy atom. The van der Waals surface area contributed by atoms with E-state index in [0.717, 1.165) is 56.0 Å². The van der Waals surface area contributed by atoms with Crippen molar-refractivity contribution in [3.63, 3.8) is 0 Å². The van der Waals surface area contributed by atoms with E-state index in [9.17, 15) is 4.79 Å². The largest absolute Gasteiger partial charge is 0.328 e. The van der Waals surface area contributed by atoms with E-state index in [4.69, 9.17) is 0 Å². The quantitative estimate of drug-likeness (QED) is 0.620. The predicted octanol–water partition coefficient (Wildman–Crippen LogP) is 5.20. The minimum absolute atomic E-state index is 0.00557. The summed E-state index contributed by atoms with van der Waals surface area (Å²) in [4.78, 5) is 23.4. The number of nitrogens with zero attached hydrogens (tertiary/aromatic N) is 4. The van der Waals surface area contributed by atoms with E-state index in [1.807, 2.05) is 35.5 Å². The van der Waals surface area contributed by atoms with Crippen LogP contribution in [-0.2, 0) is 6.54 Å². The highest BCUT2D eigenvalue weighted by atomic mass is 16.2. The minimum Gasteiger partial charge on any atom is -0.328 e. The fraction of sp³-hybridized carbons (Fsp3) is 0.400. The maximum atomic E-state index is 12.7. The second kappa shape index (κ2) is 9.33. The van der Waals surface area contributed by atoms with Crippen LogP contribution in [0.3, 0.4) is 0 Å². The molecule has 4 rings (SSSR count). The summed E-state index contributed by atoms with van der Waals surface area (Å²) in [6.45, 7) is 8.80. The van der Waals surface area contributed by atoms with Crippen molar-refractivity contribution >= 4 is 11.7 Å². The highest BCUT2D eigenvalue weighted by Gasteiger charge is 2.23. The van der Waals surface area contributed by atoms with Crippen molar-refractivity contribution in [3.8, 4) is 11.4 Å². The summed E-state index contributed by atoms with van der Waals surface area (Å²) in [7, 11) is 0. The molecular formula is C25H31N5O. The van der Waals surface area contributed by atoms with Crippen LogP contribution in [0.15, 0.2) is 48.9 Å². The molecular weight excluding hydrogens is 386 g/mol. The predicted molar refractivity (Wildman–Crippen MR) is 124 cm³/mol. The van der Waals surface area contributed by atoms with Crippen molar-refractivity contribution in [3.05, 3.63) is 65.7 Å². The van der Waals surface area contributed by atoms with Crippen LogP contribution in [0.1, 0.15) is 36.1 Å². The van der Waals surface area contributed by atoms with Gasteiger partial charge < -0.3 is 14.8 Å². The summed E-state index contributed by atoms with van der Waals surface area (Å²) >= 11 is 0. The molecule has 0 saturated carbocycles. The van der Waals surface area contributed by atoms with E-state index in [1.165, 1.54) is 16.8 Å². The van der Waals surface area contributed by atoms with Gasteiger partial charge in [0, 0.05) is 55.2 Å². The first kappa shape index (κ1) is 21.1. The third kappa shape index (κ3) is 4.95. The van der Waals surface area contributed by atoms with Crippen molar-refractivity contribution < 1.29 is 4.79 Å². The molecule has 2 aromatic heterocycles. The van der Waals surface area contributed by atoms with Gasteiger partial charge in [-0.3, -0.25) is 4.98 Å². The summed E-state index contributed by atoms with van der Waals surface area (Å²) in [5.41, 5.74) is 5.52. The Hall–Kier alpha value is -3.15. The Bertz CT molecular complexity index is 1040. The molecule has 0 spiro atoms. The molecule has 3 heterocycles. The highest BCUT2D eigenvalue weighted by molar-refractivity contribution is 5.89. The Morgan fingerprint density at radius 2 is 1.90 bits per heavy atom. The Kier molecular flexibility index (Phi) is 6.35. The van der Waals surface area contributed by atoms with Crippen molar-refractivity contribution in [1.29, 1.82) is 0 Å². The number of pyridine rings is 1. The van der Waals surface area contributed by atoms with E-state index in [2.05, 4.69) is 52.8 Å². The third-order valence-corrected chi connectivity index (χ3v) is 6.40. The zero-order valence-corrected chi connectivity index (χ0v) is 18.6. The number of likely N-dealkylation sites (tertiary alicyclic amines) is 1. The van der Waals surface area contributed by atoms with Crippen LogP contribution in [0, 0.1) is 26.7 Å². The topological polar surface area (TPSA) is 63.1 Å². The molecule has 1 aromatic carbocycles. The molecule has 162 valence electrons. The van der Waals surface area contributed by atoms with Gasteiger partial charge in [0.25, 0.3) is 0 Å². The van der Waals surface area contributed by atoms with Gasteiger partial charge in [0.2, 0.25) is 0 Å². The lowest BCUT2D eigenvalue weighted by atomic mass is 9.93. The van der Waals surface area contributed by atoms with Crippen LogP contribution in [0.5, 0.6) is 0 Å². The molecule has 0 aliphatic carbocycles. The van der Waals surface area contributed by atoms with E-state index >= 15 is 0 Å². The Morgan fingerprint density at radius 3 is 2.61 bits per heavy atom. The number of amides is 2. The van der Waals surface area contributed by atoms with Crippen LogP contribution in [0.2, 0.25) is 0 Å². The van der Waals surface area contributed by atoms with Gasteiger partial charge >= 0.3 is 6.03 Å². The molecule has 1 aliphatic rings. The highest BCUT2D eigenvalue weighted by Crippen LogP contribution is 2.25. The SMILES string of the molecule is Cc1ccc(NC(=O)N2CCC(CCn3c(C)cnc3-c3cccnc3)CC2)cc1C. The number of imidazole rings is 1. The van der Waals surface area contributed by atoms with Gasteiger partial charge in [0.1, 0.15) is 5.82 Å². The first-order chi connectivity index (χ1) is 15.0. The van der Waals surface area contributed by atoms with E-state index in [-0.39, 0.29) is 6.03 Å². The number of aryl methyl sites for hydroxylation is 3. The lowest BCUT2D eigenvalue weighted by Crippen LogP contribution is -2.41. The molecule has 3 aromatic rings. The average Bonchev–Trinajstić information content (AvgIpc) is 3.16. The van der Waals surface area contributed by atoms with Crippen LogP contribution < -0.4 is 5.32 Å². The molecule has 0 radical (unpaired) electrons. The smallest absolute Gasteiger partial charge is 0.321 e. The van der Waals surface area contributed by atoms with Gasteiger partial charge in [-0.2, -0.15) is 0 Å². The number of rotatable bonds is 5. The van der Waals surface area contributed by atoms with Gasteiger partial charge in [-0.05, 0) is 81.3 Å². The van der Waals surface area contributed by atoms with Gasteiger partial charge in [0.15, 0.2) is 0 Å². The van der Waals surface area contributed by atoms with E-state index < -0.39 is 0 Å². The molecule has 6 nitrogen and oxygen atoms in total. The number of hydrogen-bond acceptors (Lipinski definition) is 3. The van der Waals surface area contributed by atoms with Crippen molar-refractivity contribution in [2.24, 2.45) is 5.92 Å². The molecule has 1 saturated heterocycles. The lowest BCUT2D eigenvalue weighted by molar-refractivity contribution is 0.178. The fourth-order valence-electron chi connectivity index (χ4n) is 4.23. The van der Waals surface area contributed by atoms with Crippen molar-refractivity contribution in [2.45, 2.75) is 46.6 Å². The van der Waals surface area contributed by atoms with Crippen molar-refractivity contribution in [1.82, 2.24) is 19.4 Å². The maximum Gasteiger partial charge on any atom is 0.321 e. The first-order valence-corrected chi connectivity index (χ1v) is 11.1.